The van der Waals surface area contributed by atoms with E-state index in [1.54, 1.807) is 14.1 Å². The van der Waals surface area contributed by atoms with E-state index >= 15 is 0 Å². The minimum atomic E-state index is -3.06. The van der Waals surface area contributed by atoms with Gasteiger partial charge in [0.2, 0.25) is 10.0 Å². The summed E-state index contributed by atoms with van der Waals surface area (Å²) in [7, 11) is 0.0704. The lowest BCUT2D eigenvalue weighted by Crippen LogP contribution is -2.37. The Labute approximate surface area is 94.1 Å². The van der Waals surface area contributed by atoms with Gasteiger partial charge in [-0.1, -0.05) is 20.3 Å². The lowest BCUT2D eigenvalue weighted by molar-refractivity contribution is 0.397. The fourth-order valence-corrected chi connectivity index (χ4v) is 1.89. The van der Waals surface area contributed by atoms with E-state index in [2.05, 4.69) is 26.1 Å². The van der Waals surface area contributed by atoms with Crippen LogP contribution in [0.5, 0.6) is 0 Å². The SMILES string of the molecule is CCC(C)C(C)NCCS(=O)(=O)N(C)C. The Morgan fingerprint density at radius 2 is 1.80 bits per heavy atom. The molecule has 0 aromatic carbocycles. The summed E-state index contributed by atoms with van der Waals surface area (Å²) in [6.07, 6.45) is 1.11. The first-order chi connectivity index (χ1) is 6.81. The summed E-state index contributed by atoms with van der Waals surface area (Å²) in [6.45, 7) is 6.92. The number of hydrogen-bond donors (Lipinski definition) is 1. The van der Waals surface area contributed by atoms with Crippen LogP contribution in [0.25, 0.3) is 0 Å². The summed E-state index contributed by atoms with van der Waals surface area (Å²) < 4.78 is 24.1. The van der Waals surface area contributed by atoms with Gasteiger partial charge in [0.15, 0.2) is 0 Å². The molecule has 0 bridgehead atoms. The Morgan fingerprint density at radius 3 is 2.20 bits per heavy atom. The summed E-state index contributed by atoms with van der Waals surface area (Å²) in [5.74, 6) is 0.743. The number of nitrogens with one attached hydrogen (secondary N) is 1. The van der Waals surface area contributed by atoms with E-state index in [0.717, 1.165) is 6.42 Å². The minimum Gasteiger partial charge on any atom is -0.313 e. The van der Waals surface area contributed by atoms with Crippen LogP contribution in [0.2, 0.25) is 0 Å². The number of sulfonamides is 1. The van der Waals surface area contributed by atoms with E-state index in [4.69, 9.17) is 0 Å². The van der Waals surface area contributed by atoms with E-state index in [1.165, 1.54) is 4.31 Å². The lowest BCUT2D eigenvalue weighted by atomic mass is 10.0. The smallest absolute Gasteiger partial charge is 0.214 e. The molecule has 0 amide bonds. The highest BCUT2D eigenvalue weighted by Gasteiger charge is 2.14. The molecule has 0 aliphatic heterocycles. The molecule has 1 N–H and O–H groups in total. The summed E-state index contributed by atoms with van der Waals surface area (Å²) in [5, 5.41) is 3.24. The van der Waals surface area contributed by atoms with Gasteiger partial charge >= 0.3 is 0 Å². The van der Waals surface area contributed by atoms with Crippen molar-refractivity contribution in [1.82, 2.24) is 9.62 Å². The Kier molecular flexibility index (Phi) is 6.40. The molecule has 0 aromatic rings. The zero-order valence-corrected chi connectivity index (χ0v) is 11.3. The van der Waals surface area contributed by atoms with Crippen LogP contribution in [0, 0.1) is 5.92 Å². The third-order valence-electron chi connectivity index (χ3n) is 2.88. The van der Waals surface area contributed by atoms with Crippen molar-refractivity contribution in [3.8, 4) is 0 Å². The molecule has 4 nitrogen and oxygen atoms in total. The Morgan fingerprint density at radius 1 is 1.27 bits per heavy atom. The van der Waals surface area contributed by atoms with Crippen LogP contribution in [0.4, 0.5) is 0 Å². The Hall–Kier alpha value is -0.130. The van der Waals surface area contributed by atoms with Crippen LogP contribution in [-0.4, -0.2) is 45.2 Å². The quantitative estimate of drug-likeness (QED) is 0.714. The summed E-state index contributed by atoms with van der Waals surface area (Å²) in [4.78, 5) is 0. The van der Waals surface area contributed by atoms with Gasteiger partial charge in [0.05, 0.1) is 5.75 Å². The van der Waals surface area contributed by atoms with Crippen LogP contribution in [0.15, 0.2) is 0 Å². The number of nitrogens with zero attached hydrogens (tertiary/aromatic N) is 1. The molecular formula is C10H24N2O2S. The van der Waals surface area contributed by atoms with E-state index in [9.17, 15) is 8.42 Å². The average Bonchev–Trinajstić information content (AvgIpc) is 2.15. The molecule has 0 rings (SSSR count). The van der Waals surface area contributed by atoms with Crippen molar-refractivity contribution < 1.29 is 8.42 Å². The molecule has 0 aliphatic rings. The highest BCUT2D eigenvalue weighted by atomic mass is 32.2. The molecule has 0 heterocycles. The predicted molar refractivity (Wildman–Crippen MR) is 64.4 cm³/mol. The zero-order chi connectivity index (χ0) is 12.1. The topological polar surface area (TPSA) is 49.4 Å². The maximum absolute atomic E-state index is 11.4. The minimum absolute atomic E-state index is 0.167. The van der Waals surface area contributed by atoms with E-state index in [1.807, 2.05) is 0 Å². The Bertz CT molecular complexity index is 263. The standard InChI is InChI=1S/C10H24N2O2S/c1-6-9(2)10(3)11-7-8-15(13,14)12(4)5/h9-11H,6-8H2,1-5H3. The first kappa shape index (κ1) is 14.9. The van der Waals surface area contributed by atoms with Gasteiger partial charge in [0.1, 0.15) is 0 Å². The second-order valence-corrected chi connectivity index (χ2v) is 6.53. The third-order valence-corrected chi connectivity index (χ3v) is 4.71. The largest absolute Gasteiger partial charge is 0.313 e. The van der Waals surface area contributed by atoms with Gasteiger partial charge in [0, 0.05) is 26.7 Å². The summed E-state index contributed by atoms with van der Waals surface area (Å²) in [5.41, 5.74) is 0. The fourth-order valence-electron chi connectivity index (χ4n) is 1.15. The maximum Gasteiger partial charge on any atom is 0.214 e. The van der Waals surface area contributed by atoms with Gasteiger partial charge in [-0.2, -0.15) is 0 Å². The number of hydrogen-bond acceptors (Lipinski definition) is 3. The van der Waals surface area contributed by atoms with Gasteiger partial charge in [-0.3, -0.25) is 0 Å². The molecule has 2 atom stereocenters. The molecule has 5 heteroatoms. The highest BCUT2D eigenvalue weighted by Crippen LogP contribution is 2.06. The van der Waals surface area contributed by atoms with E-state index in [-0.39, 0.29) is 5.75 Å². The molecular weight excluding hydrogens is 212 g/mol. The molecule has 2 unspecified atom stereocenters. The van der Waals surface area contributed by atoms with Crippen molar-refractivity contribution in [2.75, 3.05) is 26.4 Å². The zero-order valence-electron chi connectivity index (χ0n) is 10.4. The number of rotatable bonds is 7. The van der Waals surface area contributed by atoms with Gasteiger partial charge in [0.25, 0.3) is 0 Å². The fraction of sp³-hybridized carbons (Fsp3) is 1.00. The average molecular weight is 236 g/mol. The van der Waals surface area contributed by atoms with Crippen molar-refractivity contribution in [3.63, 3.8) is 0 Å². The summed E-state index contributed by atoms with van der Waals surface area (Å²) in [6, 6.07) is 0.368. The third kappa shape index (κ3) is 5.49. The van der Waals surface area contributed by atoms with Crippen molar-refractivity contribution in [1.29, 1.82) is 0 Å². The molecule has 0 saturated heterocycles. The second kappa shape index (κ2) is 6.45. The first-order valence-electron chi connectivity index (χ1n) is 5.44. The molecule has 0 aliphatic carbocycles. The van der Waals surface area contributed by atoms with Crippen LogP contribution < -0.4 is 5.32 Å². The molecule has 92 valence electrons. The van der Waals surface area contributed by atoms with E-state index in [0.29, 0.717) is 18.5 Å². The lowest BCUT2D eigenvalue weighted by Gasteiger charge is -2.20. The second-order valence-electron chi connectivity index (χ2n) is 4.23. The van der Waals surface area contributed by atoms with Crippen molar-refractivity contribution in [2.45, 2.75) is 33.2 Å². The highest BCUT2D eigenvalue weighted by molar-refractivity contribution is 7.89. The van der Waals surface area contributed by atoms with Gasteiger partial charge in [-0.15, -0.1) is 0 Å². The monoisotopic (exact) mass is 236 g/mol. The van der Waals surface area contributed by atoms with Crippen molar-refractivity contribution in [3.05, 3.63) is 0 Å². The maximum atomic E-state index is 11.4. The van der Waals surface area contributed by atoms with Gasteiger partial charge in [-0.05, 0) is 12.8 Å². The molecule has 0 spiro atoms. The molecule has 0 aromatic heterocycles. The molecule has 0 fully saturated rings. The van der Waals surface area contributed by atoms with Crippen LogP contribution in [0.3, 0.4) is 0 Å². The normalized spacial score (nSPS) is 16.7. The van der Waals surface area contributed by atoms with Crippen molar-refractivity contribution in [2.24, 2.45) is 5.92 Å². The van der Waals surface area contributed by atoms with Gasteiger partial charge < -0.3 is 5.32 Å². The molecule has 0 saturated carbocycles. The van der Waals surface area contributed by atoms with E-state index < -0.39 is 10.0 Å². The van der Waals surface area contributed by atoms with Crippen LogP contribution >= 0.6 is 0 Å². The van der Waals surface area contributed by atoms with Crippen LogP contribution in [0.1, 0.15) is 27.2 Å². The van der Waals surface area contributed by atoms with Crippen molar-refractivity contribution >= 4 is 10.0 Å². The first-order valence-corrected chi connectivity index (χ1v) is 7.05. The molecule has 0 radical (unpaired) electrons. The van der Waals surface area contributed by atoms with Gasteiger partial charge in [-0.25, -0.2) is 12.7 Å². The molecule has 15 heavy (non-hydrogen) atoms. The Balaban J connectivity index is 3.90. The summed E-state index contributed by atoms with van der Waals surface area (Å²) >= 11 is 0. The predicted octanol–water partition coefficient (Wildman–Crippen LogP) is 0.902. The van der Waals surface area contributed by atoms with Crippen LogP contribution in [-0.2, 0) is 10.0 Å².